The number of hydrogen-bond donors (Lipinski definition) is 0. The summed E-state index contributed by atoms with van der Waals surface area (Å²) in [5, 5.41) is 4.20. The fourth-order valence-electron chi connectivity index (χ4n) is 3.85. The first-order chi connectivity index (χ1) is 12.2. The highest BCUT2D eigenvalue weighted by molar-refractivity contribution is 5.97. The maximum Gasteiger partial charge on any atom is 0.244 e. The van der Waals surface area contributed by atoms with Gasteiger partial charge < -0.3 is 9.80 Å². The van der Waals surface area contributed by atoms with Crippen LogP contribution < -0.4 is 9.80 Å². The number of piperazine rings is 1. The summed E-state index contributed by atoms with van der Waals surface area (Å²) in [6, 6.07) is 4.09. The number of anilines is 2. The third kappa shape index (κ3) is 3.24. The minimum atomic E-state index is -0.00598. The summed E-state index contributed by atoms with van der Waals surface area (Å²) in [5.74, 6) is 0.219. The van der Waals surface area contributed by atoms with Crippen LogP contribution in [0, 0.1) is 0 Å². The van der Waals surface area contributed by atoms with Crippen LogP contribution in [0.3, 0.4) is 0 Å². The standard InChI is InChI=1S/C18H24N6O/c1-21-14-16(13-20-21)24-8-2-3-17(18(24)25)23-11-9-22(10-12-23)15-4-6-19-7-5-15/h4-7,13-14,17H,2-3,8-12H2,1H3/t17-/m1/s1. The van der Waals surface area contributed by atoms with Gasteiger partial charge in [-0.15, -0.1) is 0 Å². The molecule has 1 atom stereocenters. The van der Waals surface area contributed by atoms with Crippen LogP contribution in [0.2, 0.25) is 0 Å². The lowest BCUT2D eigenvalue weighted by Gasteiger charge is -2.42. The molecular formula is C18H24N6O. The zero-order valence-electron chi connectivity index (χ0n) is 14.6. The van der Waals surface area contributed by atoms with Crippen molar-refractivity contribution >= 4 is 17.3 Å². The molecule has 7 nitrogen and oxygen atoms in total. The van der Waals surface area contributed by atoms with E-state index in [9.17, 15) is 4.79 Å². The Morgan fingerprint density at radius 1 is 1.04 bits per heavy atom. The molecule has 2 aliphatic heterocycles. The Hall–Kier alpha value is -2.41. The highest BCUT2D eigenvalue weighted by Gasteiger charge is 2.35. The number of piperidine rings is 1. The first-order valence-corrected chi connectivity index (χ1v) is 8.91. The molecule has 0 aromatic carbocycles. The van der Waals surface area contributed by atoms with Gasteiger partial charge in [0.15, 0.2) is 0 Å². The molecule has 0 radical (unpaired) electrons. The monoisotopic (exact) mass is 340 g/mol. The molecule has 132 valence electrons. The van der Waals surface area contributed by atoms with Crippen molar-refractivity contribution in [1.82, 2.24) is 19.7 Å². The molecular weight excluding hydrogens is 316 g/mol. The number of aromatic nitrogens is 3. The Labute approximate surface area is 147 Å². The summed E-state index contributed by atoms with van der Waals surface area (Å²) in [6.45, 7) is 4.51. The summed E-state index contributed by atoms with van der Waals surface area (Å²) >= 11 is 0. The van der Waals surface area contributed by atoms with E-state index in [4.69, 9.17) is 0 Å². The van der Waals surface area contributed by atoms with Crippen molar-refractivity contribution in [3.05, 3.63) is 36.9 Å². The normalized spacial score (nSPS) is 22.4. The van der Waals surface area contributed by atoms with E-state index in [-0.39, 0.29) is 11.9 Å². The lowest BCUT2D eigenvalue weighted by molar-refractivity contribution is -0.125. The molecule has 0 unspecified atom stereocenters. The third-order valence-electron chi connectivity index (χ3n) is 5.20. The number of amides is 1. The number of nitrogens with zero attached hydrogens (tertiary/aromatic N) is 6. The molecule has 2 saturated heterocycles. The van der Waals surface area contributed by atoms with Gasteiger partial charge in [0.25, 0.3) is 0 Å². The van der Waals surface area contributed by atoms with Crippen molar-refractivity contribution in [2.75, 3.05) is 42.5 Å². The number of pyridine rings is 1. The van der Waals surface area contributed by atoms with Gasteiger partial charge in [-0.1, -0.05) is 0 Å². The Morgan fingerprint density at radius 3 is 2.48 bits per heavy atom. The van der Waals surface area contributed by atoms with E-state index in [1.54, 1.807) is 10.9 Å². The molecule has 2 aromatic heterocycles. The molecule has 2 aliphatic rings. The van der Waals surface area contributed by atoms with Crippen molar-refractivity contribution in [2.45, 2.75) is 18.9 Å². The Bertz CT molecular complexity index is 722. The zero-order chi connectivity index (χ0) is 17.2. The lowest BCUT2D eigenvalue weighted by Crippen LogP contribution is -2.57. The highest BCUT2D eigenvalue weighted by atomic mass is 16.2. The summed E-state index contributed by atoms with van der Waals surface area (Å²) in [4.78, 5) is 23.7. The van der Waals surface area contributed by atoms with Crippen LogP contribution in [0.15, 0.2) is 36.9 Å². The molecule has 0 saturated carbocycles. The van der Waals surface area contributed by atoms with E-state index in [0.717, 1.165) is 51.3 Å². The molecule has 2 fully saturated rings. The second-order valence-electron chi connectivity index (χ2n) is 6.75. The molecule has 1 amide bonds. The van der Waals surface area contributed by atoms with Crippen molar-refractivity contribution < 1.29 is 4.79 Å². The molecule has 0 bridgehead atoms. The highest BCUT2D eigenvalue weighted by Crippen LogP contribution is 2.25. The fourth-order valence-corrected chi connectivity index (χ4v) is 3.85. The molecule has 25 heavy (non-hydrogen) atoms. The first kappa shape index (κ1) is 16.1. The molecule has 2 aromatic rings. The summed E-state index contributed by atoms with van der Waals surface area (Å²) in [7, 11) is 1.88. The SMILES string of the molecule is Cn1cc(N2CCC[C@@H](N3CCN(c4ccncc4)CC3)C2=O)cn1. The van der Waals surface area contributed by atoms with Gasteiger partial charge in [-0.2, -0.15) is 5.10 Å². The smallest absolute Gasteiger partial charge is 0.244 e. The van der Waals surface area contributed by atoms with Crippen molar-refractivity contribution in [3.63, 3.8) is 0 Å². The van der Waals surface area contributed by atoms with E-state index < -0.39 is 0 Å². The molecule has 0 N–H and O–H groups in total. The number of hydrogen-bond acceptors (Lipinski definition) is 5. The lowest BCUT2D eigenvalue weighted by atomic mass is 10.0. The number of rotatable bonds is 3. The second kappa shape index (κ2) is 6.84. The van der Waals surface area contributed by atoms with Gasteiger partial charge in [-0.05, 0) is 25.0 Å². The van der Waals surface area contributed by atoms with Gasteiger partial charge in [0.2, 0.25) is 5.91 Å². The molecule has 4 heterocycles. The van der Waals surface area contributed by atoms with Crippen LogP contribution in [0.4, 0.5) is 11.4 Å². The number of aryl methyl sites for hydroxylation is 1. The van der Waals surface area contributed by atoms with Crippen LogP contribution in [0.25, 0.3) is 0 Å². The average molecular weight is 340 g/mol. The van der Waals surface area contributed by atoms with E-state index in [0.29, 0.717) is 0 Å². The Morgan fingerprint density at radius 2 is 1.80 bits per heavy atom. The van der Waals surface area contributed by atoms with Crippen LogP contribution in [0.1, 0.15) is 12.8 Å². The predicted octanol–water partition coefficient (Wildman–Crippen LogP) is 1.13. The molecule has 0 spiro atoms. The van der Waals surface area contributed by atoms with Crippen molar-refractivity contribution in [1.29, 1.82) is 0 Å². The van der Waals surface area contributed by atoms with Crippen molar-refractivity contribution in [2.24, 2.45) is 7.05 Å². The van der Waals surface area contributed by atoms with Gasteiger partial charge in [0.05, 0.1) is 17.9 Å². The van der Waals surface area contributed by atoms with Crippen LogP contribution >= 0.6 is 0 Å². The largest absolute Gasteiger partial charge is 0.369 e. The average Bonchev–Trinajstić information content (AvgIpc) is 3.09. The third-order valence-corrected chi connectivity index (χ3v) is 5.20. The summed E-state index contributed by atoms with van der Waals surface area (Å²) in [6.07, 6.45) is 9.35. The minimum absolute atomic E-state index is 0.00598. The van der Waals surface area contributed by atoms with Crippen LogP contribution in [-0.2, 0) is 11.8 Å². The van der Waals surface area contributed by atoms with Gasteiger partial charge in [0.1, 0.15) is 0 Å². The zero-order valence-corrected chi connectivity index (χ0v) is 14.6. The number of carbonyl (C=O) groups is 1. The second-order valence-corrected chi connectivity index (χ2v) is 6.75. The predicted molar refractivity (Wildman–Crippen MR) is 96.6 cm³/mol. The van der Waals surface area contributed by atoms with Gasteiger partial charge in [-0.25, -0.2) is 0 Å². The van der Waals surface area contributed by atoms with Gasteiger partial charge in [0, 0.05) is 64.0 Å². The van der Waals surface area contributed by atoms with E-state index in [2.05, 4.69) is 19.9 Å². The minimum Gasteiger partial charge on any atom is -0.369 e. The Kier molecular flexibility index (Phi) is 4.40. The van der Waals surface area contributed by atoms with Crippen LogP contribution in [-0.4, -0.2) is 64.3 Å². The molecule has 7 heteroatoms. The summed E-state index contributed by atoms with van der Waals surface area (Å²) < 4.78 is 1.75. The molecule has 0 aliphatic carbocycles. The topological polar surface area (TPSA) is 57.5 Å². The maximum atomic E-state index is 13.0. The summed E-state index contributed by atoms with van der Waals surface area (Å²) in [5.41, 5.74) is 2.12. The molecule has 4 rings (SSSR count). The van der Waals surface area contributed by atoms with E-state index in [1.807, 2.05) is 42.7 Å². The van der Waals surface area contributed by atoms with Crippen molar-refractivity contribution in [3.8, 4) is 0 Å². The first-order valence-electron chi connectivity index (χ1n) is 8.91. The Balaban J connectivity index is 1.41. The van der Waals surface area contributed by atoms with Gasteiger partial charge >= 0.3 is 0 Å². The van der Waals surface area contributed by atoms with Gasteiger partial charge in [-0.3, -0.25) is 19.4 Å². The fraction of sp³-hybridized carbons (Fsp3) is 0.500. The van der Waals surface area contributed by atoms with Crippen LogP contribution in [0.5, 0.6) is 0 Å². The maximum absolute atomic E-state index is 13.0. The quantitative estimate of drug-likeness (QED) is 0.838. The van der Waals surface area contributed by atoms with E-state index in [1.165, 1.54) is 5.69 Å². The van der Waals surface area contributed by atoms with E-state index >= 15 is 0 Å². The number of carbonyl (C=O) groups excluding carboxylic acids is 1.